The first-order valence-electron chi connectivity index (χ1n) is 3.81. The molecule has 0 radical (unpaired) electrons. The van der Waals surface area contributed by atoms with Gasteiger partial charge in [0.15, 0.2) is 6.61 Å². The normalized spacial score (nSPS) is 9.57. The SMILES string of the molecule is COC(=O)COc1cc(O)ccc1Cl. The van der Waals surface area contributed by atoms with E-state index in [0.29, 0.717) is 5.02 Å². The van der Waals surface area contributed by atoms with Crippen LogP contribution >= 0.6 is 11.6 Å². The largest absolute Gasteiger partial charge is 0.508 e. The van der Waals surface area contributed by atoms with Crippen LogP contribution in [-0.2, 0) is 9.53 Å². The van der Waals surface area contributed by atoms with Gasteiger partial charge in [0.1, 0.15) is 11.5 Å². The summed E-state index contributed by atoms with van der Waals surface area (Å²) in [4.78, 5) is 10.7. The molecule has 0 bridgehead atoms. The molecule has 0 aliphatic rings. The Bertz CT molecular complexity index is 338. The first-order valence-corrected chi connectivity index (χ1v) is 4.19. The predicted molar refractivity (Wildman–Crippen MR) is 50.6 cm³/mol. The number of benzene rings is 1. The average molecular weight is 217 g/mol. The van der Waals surface area contributed by atoms with Gasteiger partial charge in [0, 0.05) is 6.07 Å². The molecule has 76 valence electrons. The van der Waals surface area contributed by atoms with Crippen molar-refractivity contribution in [2.24, 2.45) is 0 Å². The summed E-state index contributed by atoms with van der Waals surface area (Å²) in [6.45, 7) is -0.236. The second kappa shape index (κ2) is 4.72. The Balaban J connectivity index is 2.66. The number of rotatable bonds is 3. The number of carbonyl (C=O) groups excluding carboxylic acids is 1. The third-order valence-corrected chi connectivity index (χ3v) is 1.80. The second-order valence-electron chi connectivity index (χ2n) is 2.48. The van der Waals surface area contributed by atoms with Gasteiger partial charge in [0.05, 0.1) is 12.1 Å². The molecule has 0 aliphatic heterocycles. The highest BCUT2D eigenvalue weighted by Gasteiger charge is 2.06. The van der Waals surface area contributed by atoms with Crippen LogP contribution in [0.3, 0.4) is 0 Å². The zero-order chi connectivity index (χ0) is 10.6. The zero-order valence-electron chi connectivity index (χ0n) is 7.49. The number of aromatic hydroxyl groups is 1. The third kappa shape index (κ3) is 2.81. The van der Waals surface area contributed by atoms with Gasteiger partial charge in [0.2, 0.25) is 0 Å². The summed E-state index contributed by atoms with van der Waals surface area (Å²) in [5.74, 6) is -0.240. The maximum Gasteiger partial charge on any atom is 0.343 e. The lowest BCUT2D eigenvalue weighted by Crippen LogP contribution is -2.12. The molecule has 4 nitrogen and oxygen atoms in total. The molecule has 0 heterocycles. The van der Waals surface area contributed by atoms with E-state index < -0.39 is 5.97 Å². The molecule has 0 aliphatic carbocycles. The van der Waals surface area contributed by atoms with Crippen LogP contribution < -0.4 is 4.74 Å². The zero-order valence-corrected chi connectivity index (χ0v) is 8.25. The summed E-state index contributed by atoms with van der Waals surface area (Å²) in [6, 6.07) is 4.22. The van der Waals surface area contributed by atoms with Gasteiger partial charge in [-0.25, -0.2) is 4.79 Å². The Labute approximate surface area is 86.0 Å². The van der Waals surface area contributed by atoms with Gasteiger partial charge in [0.25, 0.3) is 0 Å². The van der Waals surface area contributed by atoms with Crippen molar-refractivity contribution in [2.75, 3.05) is 13.7 Å². The highest BCUT2D eigenvalue weighted by atomic mass is 35.5. The van der Waals surface area contributed by atoms with Gasteiger partial charge in [-0.05, 0) is 12.1 Å². The molecule has 1 rings (SSSR count). The van der Waals surface area contributed by atoms with E-state index in [4.69, 9.17) is 21.4 Å². The molecule has 0 spiro atoms. The number of phenolic OH excluding ortho intramolecular Hbond substituents is 1. The first kappa shape index (κ1) is 10.7. The van der Waals surface area contributed by atoms with Crippen LogP contribution in [0.4, 0.5) is 0 Å². The molecule has 0 amide bonds. The number of esters is 1. The molecule has 0 atom stereocenters. The molecular formula is C9H9ClO4. The Kier molecular flexibility index (Phi) is 3.59. The maximum absolute atomic E-state index is 10.7. The molecule has 1 N–H and O–H groups in total. The molecule has 0 aromatic heterocycles. The molecule has 0 unspecified atom stereocenters. The van der Waals surface area contributed by atoms with Gasteiger partial charge in [-0.15, -0.1) is 0 Å². The first-order chi connectivity index (χ1) is 6.63. The lowest BCUT2D eigenvalue weighted by atomic mass is 10.3. The molecule has 0 fully saturated rings. The number of hydrogen-bond donors (Lipinski definition) is 1. The van der Waals surface area contributed by atoms with Gasteiger partial charge >= 0.3 is 5.97 Å². The van der Waals surface area contributed by atoms with E-state index in [1.54, 1.807) is 0 Å². The molecular weight excluding hydrogens is 208 g/mol. The van der Waals surface area contributed by atoms with Gasteiger partial charge < -0.3 is 14.6 Å². The second-order valence-corrected chi connectivity index (χ2v) is 2.89. The quantitative estimate of drug-likeness (QED) is 0.780. The van der Waals surface area contributed by atoms with E-state index in [0.717, 1.165) is 0 Å². The highest BCUT2D eigenvalue weighted by Crippen LogP contribution is 2.28. The fourth-order valence-corrected chi connectivity index (χ4v) is 0.970. The summed E-state index contributed by atoms with van der Waals surface area (Å²) in [6.07, 6.45) is 0. The fraction of sp³-hybridized carbons (Fsp3) is 0.222. The monoisotopic (exact) mass is 216 g/mol. The third-order valence-electron chi connectivity index (χ3n) is 1.49. The van der Waals surface area contributed by atoms with Crippen molar-refractivity contribution in [3.63, 3.8) is 0 Å². The van der Waals surface area contributed by atoms with Gasteiger partial charge in [-0.1, -0.05) is 11.6 Å². The summed E-state index contributed by atoms with van der Waals surface area (Å²) in [7, 11) is 1.26. The van der Waals surface area contributed by atoms with Gasteiger partial charge in [-0.3, -0.25) is 0 Å². The van der Waals surface area contributed by atoms with Gasteiger partial charge in [-0.2, -0.15) is 0 Å². The number of carbonyl (C=O) groups is 1. The molecule has 0 saturated heterocycles. The Morgan fingerprint density at radius 1 is 1.57 bits per heavy atom. The van der Waals surface area contributed by atoms with E-state index in [1.165, 1.54) is 25.3 Å². The molecule has 1 aromatic rings. The predicted octanol–water partition coefficient (Wildman–Crippen LogP) is 1.60. The molecule has 14 heavy (non-hydrogen) atoms. The molecule has 5 heteroatoms. The minimum atomic E-state index is -0.510. The topological polar surface area (TPSA) is 55.8 Å². The van der Waals surface area contributed by atoms with Crippen molar-refractivity contribution < 1.29 is 19.4 Å². The number of phenols is 1. The van der Waals surface area contributed by atoms with E-state index in [-0.39, 0.29) is 18.1 Å². The summed E-state index contributed by atoms with van der Waals surface area (Å²) in [5, 5.41) is 9.43. The van der Waals surface area contributed by atoms with Crippen molar-refractivity contribution >= 4 is 17.6 Å². The standard InChI is InChI=1S/C9H9ClO4/c1-13-9(12)5-14-8-4-6(11)2-3-7(8)10/h2-4,11H,5H2,1H3. The smallest absolute Gasteiger partial charge is 0.343 e. The number of ether oxygens (including phenoxy) is 2. The lowest BCUT2D eigenvalue weighted by Gasteiger charge is -2.06. The van der Waals surface area contributed by atoms with Crippen molar-refractivity contribution in [1.82, 2.24) is 0 Å². The molecule has 1 aromatic carbocycles. The number of hydrogen-bond acceptors (Lipinski definition) is 4. The number of halogens is 1. The van der Waals surface area contributed by atoms with E-state index in [1.807, 2.05) is 0 Å². The summed E-state index contributed by atoms with van der Waals surface area (Å²) in [5.41, 5.74) is 0. The van der Waals surface area contributed by atoms with Crippen molar-refractivity contribution in [3.05, 3.63) is 23.2 Å². The van der Waals surface area contributed by atoms with Crippen LogP contribution in [0.1, 0.15) is 0 Å². The van der Waals surface area contributed by atoms with Crippen LogP contribution in [0.5, 0.6) is 11.5 Å². The van der Waals surface area contributed by atoms with Crippen LogP contribution in [0, 0.1) is 0 Å². The lowest BCUT2D eigenvalue weighted by molar-refractivity contribution is -0.142. The minimum Gasteiger partial charge on any atom is -0.508 e. The van der Waals surface area contributed by atoms with Crippen LogP contribution in [0.2, 0.25) is 5.02 Å². The Hall–Kier alpha value is -1.42. The van der Waals surface area contributed by atoms with Crippen molar-refractivity contribution in [2.45, 2.75) is 0 Å². The fourth-order valence-electron chi connectivity index (χ4n) is 0.798. The van der Waals surface area contributed by atoms with Crippen LogP contribution in [0.15, 0.2) is 18.2 Å². The van der Waals surface area contributed by atoms with E-state index >= 15 is 0 Å². The summed E-state index contributed by atoms with van der Waals surface area (Å²) < 4.78 is 9.38. The molecule has 0 saturated carbocycles. The van der Waals surface area contributed by atoms with Crippen LogP contribution in [0.25, 0.3) is 0 Å². The average Bonchev–Trinajstić information content (AvgIpc) is 2.19. The highest BCUT2D eigenvalue weighted by molar-refractivity contribution is 6.32. The Morgan fingerprint density at radius 2 is 2.29 bits per heavy atom. The maximum atomic E-state index is 10.7. The van der Waals surface area contributed by atoms with E-state index in [2.05, 4.69) is 4.74 Å². The minimum absolute atomic E-state index is 0.0225. The Morgan fingerprint density at radius 3 is 2.93 bits per heavy atom. The van der Waals surface area contributed by atoms with Crippen molar-refractivity contribution in [3.8, 4) is 11.5 Å². The van der Waals surface area contributed by atoms with Crippen molar-refractivity contribution in [1.29, 1.82) is 0 Å². The summed E-state index contributed by atoms with van der Waals surface area (Å²) >= 11 is 5.73. The van der Waals surface area contributed by atoms with Crippen LogP contribution in [-0.4, -0.2) is 24.8 Å². The van der Waals surface area contributed by atoms with E-state index in [9.17, 15) is 4.79 Å². The number of methoxy groups -OCH3 is 1.